The third-order valence-electron chi connectivity index (χ3n) is 2.62. The Morgan fingerprint density at radius 2 is 2.25 bits per heavy atom. The minimum atomic E-state index is 0.189. The predicted molar refractivity (Wildman–Crippen MR) is 63.7 cm³/mol. The first-order chi connectivity index (χ1) is 7.83. The lowest BCUT2D eigenvalue weighted by molar-refractivity contribution is 0.292. The number of hydrogen-bond donors (Lipinski definition) is 3. The molecule has 0 unspecified atom stereocenters. The van der Waals surface area contributed by atoms with Crippen molar-refractivity contribution in [3.05, 3.63) is 11.8 Å². The van der Waals surface area contributed by atoms with Gasteiger partial charge in [0.2, 0.25) is 5.95 Å². The molecule has 88 valence electrons. The highest BCUT2D eigenvalue weighted by atomic mass is 16.3. The molecular formula is C11H18N4O. The topological polar surface area (TPSA) is 70.1 Å². The monoisotopic (exact) mass is 222 g/mol. The molecule has 0 atom stereocenters. The van der Waals surface area contributed by atoms with E-state index >= 15 is 0 Å². The largest absolute Gasteiger partial charge is 0.396 e. The van der Waals surface area contributed by atoms with Gasteiger partial charge in [0.25, 0.3) is 0 Å². The van der Waals surface area contributed by atoms with E-state index in [2.05, 4.69) is 20.6 Å². The van der Waals surface area contributed by atoms with E-state index in [0.717, 1.165) is 11.5 Å². The number of anilines is 2. The van der Waals surface area contributed by atoms with E-state index in [1.807, 2.05) is 13.1 Å². The van der Waals surface area contributed by atoms with E-state index in [9.17, 15) is 0 Å². The fourth-order valence-electron chi connectivity index (χ4n) is 1.54. The molecule has 1 aliphatic rings. The van der Waals surface area contributed by atoms with Crippen molar-refractivity contribution < 1.29 is 5.11 Å². The Kier molecular flexibility index (Phi) is 3.56. The van der Waals surface area contributed by atoms with Gasteiger partial charge in [-0.05, 0) is 19.3 Å². The van der Waals surface area contributed by atoms with Crippen molar-refractivity contribution in [3.8, 4) is 0 Å². The molecule has 0 aliphatic heterocycles. The Hall–Kier alpha value is -1.36. The predicted octanol–water partition coefficient (Wildman–Crippen LogP) is 1.19. The number of nitrogens with zero attached hydrogens (tertiary/aromatic N) is 2. The Balaban J connectivity index is 2.06. The molecule has 1 aromatic rings. The van der Waals surface area contributed by atoms with Crippen LogP contribution < -0.4 is 10.6 Å². The maximum atomic E-state index is 8.70. The van der Waals surface area contributed by atoms with Gasteiger partial charge in [0.05, 0.1) is 5.69 Å². The quantitative estimate of drug-likeness (QED) is 0.631. The van der Waals surface area contributed by atoms with Gasteiger partial charge in [0, 0.05) is 32.2 Å². The summed E-state index contributed by atoms with van der Waals surface area (Å²) in [5.41, 5.74) is 1.12. The van der Waals surface area contributed by atoms with E-state index in [-0.39, 0.29) is 6.61 Å². The molecule has 1 saturated carbocycles. The Morgan fingerprint density at radius 3 is 2.88 bits per heavy atom. The molecule has 3 N–H and O–H groups in total. The number of aliphatic hydroxyl groups is 1. The van der Waals surface area contributed by atoms with Gasteiger partial charge in [0.1, 0.15) is 5.82 Å². The summed E-state index contributed by atoms with van der Waals surface area (Å²) in [4.78, 5) is 8.79. The van der Waals surface area contributed by atoms with Crippen molar-refractivity contribution in [1.82, 2.24) is 9.97 Å². The van der Waals surface area contributed by atoms with Gasteiger partial charge in [-0.3, -0.25) is 0 Å². The molecule has 1 fully saturated rings. The molecule has 5 nitrogen and oxygen atoms in total. The highest BCUT2D eigenvalue weighted by Crippen LogP contribution is 2.39. The van der Waals surface area contributed by atoms with Crippen LogP contribution in [0.2, 0.25) is 0 Å². The molecule has 0 radical (unpaired) electrons. The van der Waals surface area contributed by atoms with E-state index in [4.69, 9.17) is 5.11 Å². The normalized spacial score (nSPS) is 14.9. The molecule has 0 aromatic carbocycles. The van der Waals surface area contributed by atoms with Gasteiger partial charge < -0.3 is 15.7 Å². The van der Waals surface area contributed by atoms with Gasteiger partial charge in [-0.2, -0.15) is 4.98 Å². The maximum Gasteiger partial charge on any atom is 0.224 e. The van der Waals surface area contributed by atoms with Crippen LogP contribution in [0.15, 0.2) is 6.07 Å². The van der Waals surface area contributed by atoms with Crippen LogP contribution in [-0.2, 0) is 0 Å². The van der Waals surface area contributed by atoms with Crippen LogP contribution in [0.1, 0.15) is 30.9 Å². The lowest BCUT2D eigenvalue weighted by Crippen LogP contribution is -2.09. The van der Waals surface area contributed by atoms with Crippen LogP contribution in [-0.4, -0.2) is 35.3 Å². The molecule has 0 amide bonds. The van der Waals surface area contributed by atoms with Crippen LogP contribution in [0.5, 0.6) is 0 Å². The summed E-state index contributed by atoms with van der Waals surface area (Å²) >= 11 is 0. The number of aromatic nitrogens is 2. The number of nitrogens with one attached hydrogen (secondary N) is 2. The van der Waals surface area contributed by atoms with Gasteiger partial charge in [-0.1, -0.05) is 0 Å². The fraction of sp³-hybridized carbons (Fsp3) is 0.636. The Morgan fingerprint density at radius 1 is 1.44 bits per heavy atom. The van der Waals surface area contributed by atoms with Crippen LogP contribution >= 0.6 is 0 Å². The van der Waals surface area contributed by atoms with Gasteiger partial charge >= 0.3 is 0 Å². The molecule has 0 saturated heterocycles. The smallest absolute Gasteiger partial charge is 0.224 e. The number of rotatable bonds is 6. The summed E-state index contributed by atoms with van der Waals surface area (Å²) in [6, 6.07) is 2.01. The minimum absolute atomic E-state index is 0.189. The van der Waals surface area contributed by atoms with Crippen molar-refractivity contribution in [2.45, 2.75) is 25.2 Å². The van der Waals surface area contributed by atoms with Crippen LogP contribution in [0.3, 0.4) is 0 Å². The Bertz CT molecular complexity index is 352. The Labute approximate surface area is 95.3 Å². The van der Waals surface area contributed by atoms with Crippen LogP contribution in [0.25, 0.3) is 0 Å². The molecule has 5 heteroatoms. The first-order valence-electron chi connectivity index (χ1n) is 5.75. The zero-order chi connectivity index (χ0) is 11.4. The zero-order valence-electron chi connectivity index (χ0n) is 9.53. The van der Waals surface area contributed by atoms with Crippen molar-refractivity contribution in [2.75, 3.05) is 30.8 Å². The average Bonchev–Trinajstić information content (AvgIpc) is 3.13. The summed E-state index contributed by atoms with van der Waals surface area (Å²) in [6.07, 6.45) is 3.18. The lowest BCUT2D eigenvalue weighted by Gasteiger charge is -2.08. The fourth-order valence-corrected chi connectivity index (χ4v) is 1.54. The van der Waals surface area contributed by atoms with Crippen LogP contribution in [0, 0.1) is 0 Å². The van der Waals surface area contributed by atoms with Crippen LogP contribution in [0.4, 0.5) is 11.8 Å². The van der Waals surface area contributed by atoms with Crippen molar-refractivity contribution in [2.24, 2.45) is 0 Å². The lowest BCUT2D eigenvalue weighted by atomic mass is 10.3. The van der Waals surface area contributed by atoms with E-state index in [1.165, 1.54) is 12.8 Å². The van der Waals surface area contributed by atoms with E-state index in [1.54, 1.807) is 0 Å². The minimum Gasteiger partial charge on any atom is -0.396 e. The molecule has 1 heterocycles. The summed E-state index contributed by atoms with van der Waals surface area (Å²) in [5, 5.41) is 14.9. The molecular weight excluding hydrogens is 204 g/mol. The summed E-state index contributed by atoms with van der Waals surface area (Å²) in [6.45, 7) is 0.891. The number of aliphatic hydroxyl groups excluding tert-OH is 1. The highest BCUT2D eigenvalue weighted by molar-refractivity contribution is 5.43. The van der Waals surface area contributed by atoms with E-state index < -0.39 is 0 Å². The summed E-state index contributed by atoms with van der Waals surface area (Å²) in [5.74, 6) is 2.12. The second kappa shape index (κ2) is 5.12. The molecule has 0 spiro atoms. The third-order valence-corrected chi connectivity index (χ3v) is 2.62. The van der Waals surface area contributed by atoms with Crippen molar-refractivity contribution in [3.63, 3.8) is 0 Å². The molecule has 16 heavy (non-hydrogen) atoms. The van der Waals surface area contributed by atoms with Gasteiger partial charge in [-0.25, -0.2) is 4.98 Å². The van der Waals surface area contributed by atoms with Crippen molar-refractivity contribution in [1.29, 1.82) is 0 Å². The second-order valence-electron chi connectivity index (χ2n) is 4.03. The molecule has 1 aromatic heterocycles. The zero-order valence-corrected chi connectivity index (χ0v) is 9.53. The first kappa shape index (κ1) is 11.1. The summed E-state index contributed by atoms with van der Waals surface area (Å²) in [7, 11) is 1.86. The second-order valence-corrected chi connectivity index (χ2v) is 4.03. The van der Waals surface area contributed by atoms with E-state index in [0.29, 0.717) is 24.8 Å². The number of hydrogen-bond acceptors (Lipinski definition) is 5. The molecule has 0 bridgehead atoms. The van der Waals surface area contributed by atoms with Crippen molar-refractivity contribution >= 4 is 11.8 Å². The molecule has 1 aliphatic carbocycles. The van der Waals surface area contributed by atoms with Gasteiger partial charge in [0.15, 0.2) is 0 Å². The maximum absolute atomic E-state index is 8.70. The highest BCUT2D eigenvalue weighted by Gasteiger charge is 2.26. The average molecular weight is 222 g/mol. The first-order valence-corrected chi connectivity index (χ1v) is 5.75. The standard InChI is InChI=1S/C11H18N4O/c1-12-10-7-9(8-3-4-8)14-11(15-10)13-5-2-6-16/h7-8,16H,2-6H2,1H3,(H2,12,13,14,15). The summed E-state index contributed by atoms with van der Waals surface area (Å²) < 4.78 is 0. The van der Waals surface area contributed by atoms with Gasteiger partial charge in [-0.15, -0.1) is 0 Å². The SMILES string of the molecule is CNc1cc(C2CC2)nc(NCCCO)n1. The molecule has 2 rings (SSSR count). The third kappa shape index (κ3) is 2.82.